The summed E-state index contributed by atoms with van der Waals surface area (Å²) in [4.78, 5) is 0. The van der Waals surface area contributed by atoms with Crippen molar-refractivity contribution in [3.05, 3.63) is 0 Å². The Hall–Kier alpha value is -0.0800. The molecule has 0 saturated heterocycles. The molecule has 2 nitrogen and oxygen atoms in total. The maximum atomic E-state index is 9.28. The van der Waals surface area contributed by atoms with Gasteiger partial charge in [-0.1, -0.05) is 13.8 Å². The van der Waals surface area contributed by atoms with E-state index in [0.29, 0.717) is 5.92 Å². The molecule has 1 aliphatic rings. The van der Waals surface area contributed by atoms with Gasteiger partial charge in [-0.3, -0.25) is 0 Å². The van der Waals surface area contributed by atoms with Crippen LogP contribution in [0.15, 0.2) is 0 Å². The minimum atomic E-state index is -0.120. The Labute approximate surface area is 68.2 Å². The Kier molecular flexibility index (Phi) is 2.55. The summed E-state index contributed by atoms with van der Waals surface area (Å²) in [6, 6.07) is 0. The minimum Gasteiger partial charge on any atom is -0.396 e. The summed E-state index contributed by atoms with van der Waals surface area (Å²) < 4.78 is 0. The van der Waals surface area contributed by atoms with Gasteiger partial charge in [-0.15, -0.1) is 0 Å². The van der Waals surface area contributed by atoms with E-state index in [2.05, 4.69) is 13.8 Å². The average molecular weight is 158 g/mol. The fourth-order valence-electron chi connectivity index (χ4n) is 1.80. The van der Waals surface area contributed by atoms with Gasteiger partial charge in [-0.05, 0) is 30.6 Å². The van der Waals surface area contributed by atoms with E-state index in [4.69, 9.17) is 5.11 Å². The van der Waals surface area contributed by atoms with Crippen molar-refractivity contribution in [1.82, 2.24) is 0 Å². The maximum Gasteiger partial charge on any atom is 0.0543 e. The van der Waals surface area contributed by atoms with Crippen LogP contribution in [0.4, 0.5) is 0 Å². The van der Waals surface area contributed by atoms with E-state index in [0.717, 1.165) is 19.3 Å². The predicted molar refractivity (Wildman–Crippen MR) is 44.2 cm³/mol. The van der Waals surface area contributed by atoms with Crippen molar-refractivity contribution >= 4 is 0 Å². The Morgan fingerprint density at radius 3 is 2.36 bits per heavy atom. The van der Waals surface area contributed by atoms with Gasteiger partial charge >= 0.3 is 0 Å². The molecule has 2 heteroatoms. The van der Waals surface area contributed by atoms with Gasteiger partial charge in [0.05, 0.1) is 6.10 Å². The fourth-order valence-corrected chi connectivity index (χ4v) is 1.80. The van der Waals surface area contributed by atoms with Gasteiger partial charge in [0, 0.05) is 6.61 Å². The molecule has 0 amide bonds. The zero-order valence-electron chi connectivity index (χ0n) is 7.38. The van der Waals surface area contributed by atoms with Crippen LogP contribution in [0.1, 0.15) is 33.1 Å². The number of hydrogen-bond donors (Lipinski definition) is 2. The third-order valence-electron chi connectivity index (χ3n) is 2.92. The molecule has 0 aromatic carbocycles. The highest BCUT2D eigenvalue weighted by Gasteiger charge is 2.34. The summed E-state index contributed by atoms with van der Waals surface area (Å²) in [5.74, 6) is 0.502. The first kappa shape index (κ1) is 9.01. The normalized spacial score (nSPS) is 32.7. The fraction of sp³-hybridized carbons (Fsp3) is 1.00. The van der Waals surface area contributed by atoms with Crippen molar-refractivity contribution in [2.75, 3.05) is 6.61 Å². The number of aliphatic hydroxyl groups is 2. The van der Waals surface area contributed by atoms with Gasteiger partial charge in [0.2, 0.25) is 0 Å². The molecule has 0 aromatic rings. The Morgan fingerprint density at radius 2 is 2.00 bits per heavy atom. The van der Waals surface area contributed by atoms with Crippen LogP contribution in [0.5, 0.6) is 0 Å². The summed E-state index contributed by atoms with van der Waals surface area (Å²) in [5, 5.41) is 18.3. The molecule has 2 N–H and O–H groups in total. The van der Waals surface area contributed by atoms with Gasteiger partial charge in [0.15, 0.2) is 0 Å². The Morgan fingerprint density at radius 1 is 1.36 bits per heavy atom. The third kappa shape index (κ3) is 1.94. The van der Waals surface area contributed by atoms with Crippen LogP contribution >= 0.6 is 0 Å². The van der Waals surface area contributed by atoms with Crippen molar-refractivity contribution in [3.63, 3.8) is 0 Å². The van der Waals surface area contributed by atoms with E-state index in [1.54, 1.807) is 0 Å². The summed E-state index contributed by atoms with van der Waals surface area (Å²) in [7, 11) is 0. The molecule has 1 fully saturated rings. The first-order valence-corrected chi connectivity index (χ1v) is 4.35. The second-order valence-electron chi connectivity index (χ2n) is 4.31. The molecule has 66 valence electrons. The van der Waals surface area contributed by atoms with Gasteiger partial charge in [-0.25, -0.2) is 0 Å². The number of aliphatic hydroxyl groups excluding tert-OH is 2. The maximum absolute atomic E-state index is 9.28. The first-order valence-electron chi connectivity index (χ1n) is 4.35. The van der Waals surface area contributed by atoms with E-state index >= 15 is 0 Å². The number of rotatable bonds is 2. The van der Waals surface area contributed by atoms with E-state index in [-0.39, 0.29) is 18.1 Å². The summed E-state index contributed by atoms with van der Waals surface area (Å²) in [6.45, 7) is 4.36. The van der Waals surface area contributed by atoms with E-state index < -0.39 is 0 Å². The van der Waals surface area contributed by atoms with Gasteiger partial charge in [0.1, 0.15) is 0 Å². The van der Waals surface area contributed by atoms with Crippen LogP contribution in [0.3, 0.4) is 0 Å². The highest BCUT2D eigenvalue weighted by Crippen LogP contribution is 2.39. The highest BCUT2D eigenvalue weighted by atomic mass is 16.3. The molecule has 0 radical (unpaired) electrons. The lowest BCUT2D eigenvalue weighted by Gasteiger charge is -2.29. The van der Waals surface area contributed by atoms with Crippen LogP contribution in [-0.2, 0) is 0 Å². The SMILES string of the molecule is CC(C)(CO)C1CCC(O)C1. The Bertz CT molecular complexity index is 132. The minimum absolute atomic E-state index is 0.00250. The standard InChI is InChI=1S/C9H18O2/c1-9(2,6-10)7-3-4-8(11)5-7/h7-8,10-11H,3-6H2,1-2H3. The van der Waals surface area contributed by atoms with Crippen LogP contribution in [0, 0.1) is 11.3 Å². The van der Waals surface area contributed by atoms with Crippen LogP contribution < -0.4 is 0 Å². The van der Waals surface area contributed by atoms with Crippen LogP contribution in [0.25, 0.3) is 0 Å². The summed E-state index contributed by atoms with van der Waals surface area (Å²) in [6.07, 6.45) is 2.72. The van der Waals surface area contributed by atoms with E-state index in [9.17, 15) is 5.11 Å². The lowest BCUT2D eigenvalue weighted by atomic mass is 9.78. The number of hydrogen-bond acceptors (Lipinski definition) is 2. The first-order chi connectivity index (χ1) is 5.06. The summed E-state index contributed by atoms with van der Waals surface area (Å²) >= 11 is 0. The second-order valence-corrected chi connectivity index (χ2v) is 4.31. The Balaban J connectivity index is 2.48. The monoisotopic (exact) mass is 158 g/mol. The molecular weight excluding hydrogens is 140 g/mol. The van der Waals surface area contributed by atoms with E-state index in [1.165, 1.54) is 0 Å². The quantitative estimate of drug-likeness (QED) is 0.633. The molecule has 0 spiro atoms. The predicted octanol–water partition coefficient (Wildman–Crippen LogP) is 1.17. The van der Waals surface area contributed by atoms with Crippen molar-refractivity contribution in [3.8, 4) is 0 Å². The lowest BCUT2D eigenvalue weighted by Crippen LogP contribution is -2.26. The largest absolute Gasteiger partial charge is 0.396 e. The molecule has 0 aromatic heterocycles. The van der Waals surface area contributed by atoms with Crippen molar-refractivity contribution in [2.24, 2.45) is 11.3 Å². The molecule has 2 unspecified atom stereocenters. The van der Waals surface area contributed by atoms with E-state index in [1.807, 2.05) is 0 Å². The van der Waals surface area contributed by atoms with Crippen molar-refractivity contribution < 1.29 is 10.2 Å². The zero-order valence-corrected chi connectivity index (χ0v) is 7.38. The van der Waals surface area contributed by atoms with Gasteiger partial charge in [0.25, 0.3) is 0 Å². The molecule has 0 aliphatic heterocycles. The molecular formula is C9H18O2. The molecule has 1 aliphatic carbocycles. The molecule has 11 heavy (non-hydrogen) atoms. The molecule has 0 heterocycles. The van der Waals surface area contributed by atoms with Crippen LogP contribution in [-0.4, -0.2) is 22.9 Å². The molecule has 1 rings (SSSR count). The zero-order chi connectivity index (χ0) is 8.48. The van der Waals surface area contributed by atoms with Crippen molar-refractivity contribution in [2.45, 2.75) is 39.2 Å². The third-order valence-corrected chi connectivity index (χ3v) is 2.92. The second kappa shape index (κ2) is 3.11. The topological polar surface area (TPSA) is 40.5 Å². The van der Waals surface area contributed by atoms with Crippen LogP contribution in [0.2, 0.25) is 0 Å². The average Bonchev–Trinajstić information content (AvgIpc) is 2.36. The molecule has 2 atom stereocenters. The lowest BCUT2D eigenvalue weighted by molar-refractivity contribution is 0.0869. The highest BCUT2D eigenvalue weighted by molar-refractivity contribution is 4.85. The van der Waals surface area contributed by atoms with Crippen molar-refractivity contribution in [1.29, 1.82) is 0 Å². The van der Waals surface area contributed by atoms with Gasteiger partial charge in [-0.2, -0.15) is 0 Å². The summed E-state index contributed by atoms with van der Waals surface area (Å²) in [5.41, 5.74) is -0.00250. The van der Waals surface area contributed by atoms with Gasteiger partial charge < -0.3 is 10.2 Å². The molecule has 0 bridgehead atoms. The molecule has 1 saturated carbocycles. The smallest absolute Gasteiger partial charge is 0.0543 e.